The van der Waals surface area contributed by atoms with E-state index in [1.807, 2.05) is 18.2 Å². The molecule has 1 fully saturated rings. The maximum Gasteiger partial charge on any atom is 0.224 e. The highest BCUT2D eigenvalue weighted by molar-refractivity contribution is 6.30. The summed E-state index contributed by atoms with van der Waals surface area (Å²) in [6, 6.07) is 8.04. The van der Waals surface area contributed by atoms with Gasteiger partial charge in [-0.15, -0.1) is 0 Å². The minimum absolute atomic E-state index is 0.0897. The van der Waals surface area contributed by atoms with Crippen molar-refractivity contribution in [2.24, 2.45) is 11.7 Å². The van der Waals surface area contributed by atoms with Crippen LogP contribution in [0.5, 0.6) is 0 Å². The van der Waals surface area contributed by atoms with Gasteiger partial charge >= 0.3 is 0 Å². The Morgan fingerprint density at radius 3 is 3.09 bits per heavy atom. The molecule has 5 heteroatoms. The lowest BCUT2D eigenvalue weighted by Gasteiger charge is -2.33. The summed E-state index contributed by atoms with van der Waals surface area (Å²) in [5.41, 5.74) is 6.69. The van der Waals surface area contributed by atoms with Crippen molar-refractivity contribution in [2.75, 3.05) is 32.7 Å². The highest BCUT2D eigenvalue weighted by Gasteiger charge is 2.26. The zero-order valence-electron chi connectivity index (χ0n) is 13.2. The van der Waals surface area contributed by atoms with E-state index in [2.05, 4.69) is 23.2 Å². The Hall–Kier alpha value is -1.10. The van der Waals surface area contributed by atoms with E-state index in [1.165, 1.54) is 5.56 Å². The first-order chi connectivity index (χ1) is 10.6. The molecule has 2 unspecified atom stereocenters. The number of nitrogens with zero attached hydrogens (tertiary/aromatic N) is 1. The van der Waals surface area contributed by atoms with E-state index in [0.29, 0.717) is 19.0 Å². The van der Waals surface area contributed by atoms with E-state index >= 15 is 0 Å². The fourth-order valence-electron chi connectivity index (χ4n) is 3.08. The monoisotopic (exact) mass is 323 g/mol. The molecule has 0 bridgehead atoms. The van der Waals surface area contributed by atoms with Crippen LogP contribution in [-0.2, 0) is 4.79 Å². The van der Waals surface area contributed by atoms with Crippen molar-refractivity contribution in [1.82, 2.24) is 10.2 Å². The number of hydrogen-bond acceptors (Lipinski definition) is 3. The third kappa shape index (κ3) is 4.97. The van der Waals surface area contributed by atoms with Gasteiger partial charge in [-0.1, -0.05) is 30.7 Å². The van der Waals surface area contributed by atoms with Crippen LogP contribution >= 0.6 is 11.6 Å². The van der Waals surface area contributed by atoms with Crippen LogP contribution < -0.4 is 11.1 Å². The fourth-order valence-corrected chi connectivity index (χ4v) is 3.28. The lowest BCUT2D eigenvalue weighted by Crippen LogP contribution is -2.44. The van der Waals surface area contributed by atoms with Crippen molar-refractivity contribution in [3.05, 3.63) is 34.9 Å². The molecule has 1 saturated heterocycles. The number of nitrogens with one attached hydrogen (secondary N) is 1. The first-order valence-electron chi connectivity index (χ1n) is 8.05. The normalized spacial score (nSPS) is 20.6. The Morgan fingerprint density at radius 1 is 1.55 bits per heavy atom. The van der Waals surface area contributed by atoms with E-state index in [1.54, 1.807) is 0 Å². The largest absolute Gasteiger partial charge is 0.355 e. The van der Waals surface area contributed by atoms with Crippen LogP contribution in [-0.4, -0.2) is 43.5 Å². The number of carbonyl (C=O) groups excluding carboxylic acids is 1. The molecule has 1 amide bonds. The van der Waals surface area contributed by atoms with Gasteiger partial charge in [0.1, 0.15) is 0 Å². The van der Waals surface area contributed by atoms with Crippen LogP contribution in [0.25, 0.3) is 0 Å². The third-order valence-electron chi connectivity index (χ3n) is 4.27. The molecule has 0 spiro atoms. The van der Waals surface area contributed by atoms with Gasteiger partial charge in [0.05, 0.1) is 5.92 Å². The second-order valence-electron chi connectivity index (χ2n) is 6.13. The zero-order valence-corrected chi connectivity index (χ0v) is 14.0. The number of hydrogen-bond donors (Lipinski definition) is 2. The Labute approximate surface area is 138 Å². The molecular weight excluding hydrogens is 298 g/mol. The van der Waals surface area contributed by atoms with Crippen LogP contribution in [0.3, 0.4) is 0 Å². The quantitative estimate of drug-likeness (QED) is 0.844. The number of carbonyl (C=O) groups is 1. The summed E-state index contributed by atoms with van der Waals surface area (Å²) in [5, 5.41) is 3.69. The zero-order chi connectivity index (χ0) is 15.9. The fraction of sp³-hybridized carbons (Fsp3) is 0.588. The molecule has 0 aromatic heterocycles. The van der Waals surface area contributed by atoms with Crippen LogP contribution in [0, 0.1) is 5.92 Å². The average Bonchev–Trinajstić information content (AvgIpc) is 2.52. The molecule has 1 aliphatic rings. The molecule has 22 heavy (non-hydrogen) atoms. The molecule has 0 aliphatic carbocycles. The molecule has 1 heterocycles. The van der Waals surface area contributed by atoms with Crippen molar-refractivity contribution in [1.29, 1.82) is 0 Å². The molecule has 0 saturated carbocycles. The topological polar surface area (TPSA) is 58.4 Å². The number of piperidine rings is 1. The molecule has 122 valence electrons. The second-order valence-corrected chi connectivity index (χ2v) is 6.57. The molecule has 1 aromatic carbocycles. The predicted octanol–water partition coefficient (Wildman–Crippen LogP) is 2.23. The first-order valence-corrected chi connectivity index (χ1v) is 8.43. The highest BCUT2D eigenvalue weighted by atomic mass is 35.5. The molecule has 1 aromatic rings. The smallest absolute Gasteiger partial charge is 0.224 e. The number of amides is 1. The van der Waals surface area contributed by atoms with Gasteiger partial charge in [-0.3, -0.25) is 4.79 Å². The summed E-state index contributed by atoms with van der Waals surface area (Å²) in [6.07, 6.45) is 2.04. The summed E-state index contributed by atoms with van der Waals surface area (Å²) in [7, 11) is 0. The maximum atomic E-state index is 12.1. The van der Waals surface area contributed by atoms with Gasteiger partial charge in [-0.25, -0.2) is 0 Å². The SMILES string of the molecule is CC(CN1CCCC(C(=O)NCCN)C1)c1cccc(Cl)c1. The lowest BCUT2D eigenvalue weighted by molar-refractivity contribution is -0.126. The molecule has 2 atom stereocenters. The maximum absolute atomic E-state index is 12.1. The van der Waals surface area contributed by atoms with Gasteiger partial charge in [0.25, 0.3) is 0 Å². The third-order valence-corrected chi connectivity index (χ3v) is 4.50. The predicted molar refractivity (Wildman–Crippen MR) is 91.1 cm³/mol. The van der Waals surface area contributed by atoms with Gasteiger partial charge in [-0.05, 0) is 43.0 Å². The van der Waals surface area contributed by atoms with Crippen molar-refractivity contribution in [3.63, 3.8) is 0 Å². The van der Waals surface area contributed by atoms with Crippen LogP contribution in [0.4, 0.5) is 0 Å². The molecule has 4 nitrogen and oxygen atoms in total. The molecular formula is C17H26ClN3O. The minimum atomic E-state index is 0.0897. The van der Waals surface area contributed by atoms with Crippen molar-refractivity contribution >= 4 is 17.5 Å². The Balaban J connectivity index is 1.88. The van der Waals surface area contributed by atoms with Gasteiger partial charge in [-0.2, -0.15) is 0 Å². The Morgan fingerprint density at radius 2 is 2.36 bits per heavy atom. The molecule has 3 N–H and O–H groups in total. The number of likely N-dealkylation sites (tertiary alicyclic amines) is 1. The van der Waals surface area contributed by atoms with E-state index in [4.69, 9.17) is 17.3 Å². The van der Waals surface area contributed by atoms with Gasteiger partial charge in [0.15, 0.2) is 0 Å². The summed E-state index contributed by atoms with van der Waals surface area (Å²) in [5.74, 6) is 0.641. The van der Waals surface area contributed by atoms with E-state index in [9.17, 15) is 4.79 Å². The van der Waals surface area contributed by atoms with Gasteiger partial charge in [0, 0.05) is 31.2 Å². The molecule has 0 radical (unpaired) electrons. The van der Waals surface area contributed by atoms with Gasteiger partial charge < -0.3 is 16.0 Å². The number of halogens is 1. The number of benzene rings is 1. The Kier molecular flexibility index (Phi) is 6.68. The van der Waals surface area contributed by atoms with Crippen LogP contribution in [0.1, 0.15) is 31.2 Å². The van der Waals surface area contributed by atoms with E-state index < -0.39 is 0 Å². The lowest BCUT2D eigenvalue weighted by atomic mass is 9.94. The van der Waals surface area contributed by atoms with Gasteiger partial charge in [0.2, 0.25) is 5.91 Å². The summed E-state index contributed by atoms with van der Waals surface area (Å²) in [6.45, 7) is 6.12. The molecule has 2 rings (SSSR count). The van der Waals surface area contributed by atoms with Crippen molar-refractivity contribution < 1.29 is 4.79 Å². The van der Waals surface area contributed by atoms with E-state index in [-0.39, 0.29) is 11.8 Å². The summed E-state index contributed by atoms with van der Waals surface area (Å²) in [4.78, 5) is 14.5. The number of rotatable bonds is 6. The van der Waals surface area contributed by atoms with Crippen molar-refractivity contribution in [2.45, 2.75) is 25.7 Å². The second kappa shape index (κ2) is 8.51. The highest BCUT2D eigenvalue weighted by Crippen LogP contribution is 2.23. The average molecular weight is 324 g/mol. The molecule has 1 aliphatic heterocycles. The van der Waals surface area contributed by atoms with E-state index in [0.717, 1.165) is 37.5 Å². The Bertz CT molecular complexity index is 495. The van der Waals surface area contributed by atoms with Crippen LogP contribution in [0.2, 0.25) is 5.02 Å². The van der Waals surface area contributed by atoms with Crippen LogP contribution in [0.15, 0.2) is 24.3 Å². The standard InChI is InChI=1S/C17H26ClN3O/c1-13(14-4-2-6-16(18)10-14)11-21-9-3-5-15(12-21)17(22)20-8-7-19/h2,4,6,10,13,15H,3,5,7-9,11-12,19H2,1H3,(H,20,22). The van der Waals surface area contributed by atoms with Crippen molar-refractivity contribution in [3.8, 4) is 0 Å². The number of nitrogens with two attached hydrogens (primary N) is 1. The minimum Gasteiger partial charge on any atom is -0.355 e. The first kappa shape index (κ1) is 17.3. The summed E-state index contributed by atoms with van der Waals surface area (Å²) < 4.78 is 0. The summed E-state index contributed by atoms with van der Waals surface area (Å²) >= 11 is 6.07.